The maximum atomic E-state index is 8.97. The summed E-state index contributed by atoms with van der Waals surface area (Å²) in [6.07, 6.45) is 0.566. The van der Waals surface area contributed by atoms with E-state index < -0.39 is 6.23 Å². The SMILES string of the molecule is C=C1C(C)=NC=NC1O. The Morgan fingerprint density at radius 1 is 1.78 bits per heavy atom. The molecule has 1 unspecified atom stereocenters. The molecule has 0 aromatic heterocycles. The number of rotatable bonds is 0. The van der Waals surface area contributed by atoms with Crippen LogP contribution in [-0.4, -0.2) is 23.4 Å². The lowest BCUT2D eigenvalue weighted by Crippen LogP contribution is -2.16. The predicted molar refractivity (Wildman–Crippen MR) is 36.7 cm³/mol. The third kappa shape index (κ3) is 1.05. The van der Waals surface area contributed by atoms with Crippen molar-refractivity contribution >= 4 is 12.1 Å². The second kappa shape index (κ2) is 2.11. The van der Waals surface area contributed by atoms with Crippen LogP contribution in [0, 0.1) is 0 Å². The number of aliphatic imine (C=N–C) groups is 2. The summed E-state index contributed by atoms with van der Waals surface area (Å²) >= 11 is 0. The smallest absolute Gasteiger partial charge is 0.174 e. The molecule has 0 fully saturated rings. The normalized spacial score (nSPS) is 26.2. The second-order valence-electron chi connectivity index (χ2n) is 1.88. The monoisotopic (exact) mass is 124 g/mol. The van der Waals surface area contributed by atoms with E-state index in [4.69, 9.17) is 5.11 Å². The van der Waals surface area contributed by atoms with E-state index in [2.05, 4.69) is 16.6 Å². The molecule has 1 aliphatic heterocycles. The average molecular weight is 124 g/mol. The highest BCUT2D eigenvalue weighted by atomic mass is 16.3. The van der Waals surface area contributed by atoms with Gasteiger partial charge in [-0.1, -0.05) is 6.58 Å². The molecule has 3 heteroatoms. The molecular weight excluding hydrogens is 116 g/mol. The van der Waals surface area contributed by atoms with Crippen molar-refractivity contribution in [3.63, 3.8) is 0 Å². The fourth-order valence-electron chi connectivity index (χ4n) is 0.543. The van der Waals surface area contributed by atoms with E-state index in [1.807, 2.05) is 0 Å². The molecule has 0 aliphatic carbocycles. The number of hydrogen-bond donors (Lipinski definition) is 1. The second-order valence-corrected chi connectivity index (χ2v) is 1.88. The first kappa shape index (κ1) is 6.16. The van der Waals surface area contributed by atoms with Crippen molar-refractivity contribution in [1.29, 1.82) is 0 Å². The summed E-state index contributed by atoms with van der Waals surface area (Å²) in [5, 5.41) is 8.97. The molecule has 1 aliphatic rings. The fraction of sp³-hybridized carbons (Fsp3) is 0.333. The highest BCUT2D eigenvalue weighted by Crippen LogP contribution is 2.06. The number of nitrogens with zero attached hydrogens (tertiary/aromatic N) is 2. The Labute approximate surface area is 53.5 Å². The van der Waals surface area contributed by atoms with Crippen molar-refractivity contribution in [2.45, 2.75) is 13.2 Å². The van der Waals surface area contributed by atoms with Crippen LogP contribution in [0.25, 0.3) is 0 Å². The molecule has 0 spiro atoms. The summed E-state index contributed by atoms with van der Waals surface area (Å²) in [6.45, 7) is 5.37. The van der Waals surface area contributed by atoms with Gasteiger partial charge in [0.15, 0.2) is 6.23 Å². The molecule has 0 aromatic rings. The van der Waals surface area contributed by atoms with Crippen molar-refractivity contribution in [3.05, 3.63) is 12.2 Å². The van der Waals surface area contributed by atoms with Gasteiger partial charge in [-0.2, -0.15) is 0 Å². The van der Waals surface area contributed by atoms with E-state index in [-0.39, 0.29) is 0 Å². The van der Waals surface area contributed by atoms with Crippen molar-refractivity contribution < 1.29 is 5.11 Å². The summed E-state index contributed by atoms with van der Waals surface area (Å²) in [6, 6.07) is 0. The molecule has 0 radical (unpaired) electrons. The van der Waals surface area contributed by atoms with Crippen LogP contribution < -0.4 is 0 Å². The maximum absolute atomic E-state index is 8.97. The van der Waals surface area contributed by atoms with Gasteiger partial charge in [-0.25, -0.2) is 9.98 Å². The molecule has 48 valence electrons. The van der Waals surface area contributed by atoms with Crippen LogP contribution in [0.2, 0.25) is 0 Å². The molecule has 0 bridgehead atoms. The summed E-state index contributed by atoms with van der Waals surface area (Å²) in [7, 11) is 0. The van der Waals surface area contributed by atoms with Crippen LogP contribution in [0.3, 0.4) is 0 Å². The molecule has 3 nitrogen and oxygen atoms in total. The highest BCUT2D eigenvalue weighted by Gasteiger charge is 2.10. The summed E-state index contributed by atoms with van der Waals surface area (Å²) in [4.78, 5) is 7.43. The van der Waals surface area contributed by atoms with Crippen LogP contribution >= 0.6 is 0 Å². The van der Waals surface area contributed by atoms with Crippen LogP contribution in [0.15, 0.2) is 22.1 Å². The van der Waals surface area contributed by atoms with Gasteiger partial charge >= 0.3 is 0 Å². The van der Waals surface area contributed by atoms with Crippen LogP contribution in [-0.2, 0) is 0 Å². The van der Waals surface area contributed by atoms with Crippen LogP contribution in [0.1, 0.15) is 6.92 Å². The van der Waals surface area contributed by atoms with Gasteiger partial charge in [-0.15, -0.1) is 0 Å². The summed E-state index contributed by atoms with van der Waals surface area (Å²) < 4.78 is 0. The maximum Gasteiger partial charge on any atom is 0.174 e. The van der Waals surface area contributed by atoms with Gasteiger partial charge < -0.3 is 5.11 Å². The molecule has 0 aromatic carbocycles. The summed E-state index contributed by atoms with van der Waals surface area (Å²) in [5.41, 5.74) is 1.33. The number of aliphatic hydroxyl groups is 1. The standard InChI is InChI=1S/C6H8N2O/c1-4-5(2)7-3-8-6(4)9/h3,6,9H,1H2,2H3. The zero-order valence-electron chi connectivity index (χ0n) is 5.20. The first-order valence-corrected chi connectivity index (χ1v) is 2.65. The topological polar surface area (TPSA) is 45.0 Å². The third-order valence-corrected chi connectivity index (χ3v) is 1.24. The Morgan fingerprint density at radius 2 is 2.44 bits per heavy atom. The molecule has 1 N–H and O–H groups in total. The first-order valence-electron chi connectivity index (χ1n) is 2.65. The van der Waals surface area contributed by atoms with E-state index in [0.29, 0.717) is 5.57 Å². The van der Waals surface area contributed by atoms with Gasteiger partial charge in [0.2, 0.25) is 0 Å². The molecular formula is C6H8N2O. The minimum atomic E-state index is -0.775. The number of hydrogen-bond acceptors (Lipinski definition) is 3. The van der Waals surface area contributed by atoms with Crippen LogP contribution in [0.4, 0.5) is 0 Å². The van der Waals surface area contributed by atoms with Gasteiger partial charge in [0, 0.05) is 11.3 Å². The number of aliphatic hydroxyl groups excluding tert-OH is 1. The lowest BCUT2D eigenvalue weighted by atomic mass is 10.2. The van der Waals surface area contributed by atoms with Gasteiger partial charge in [0.25, 0.3) is 0 Å². The molecule has 0 saturated carbocycles. The zero-order valence-corrected chi connectivity index (χ0v) is 5.20. The lowest BCUT2D eigenvalue weighted by Gasteiger charge is -2.10. The van der Waals surface area contributed by atoms with E-state index in [9.17, 15) is 0 Å². The van der Waals surface area contributed by atoms with Crippen molar-refractivity contribution in [2.75, 3.05) is 0 Å². The molecule has 1 heterocycles. The van der Waals surface area contributed by atoms with Crippen molar-refractivity contribution in [3.8, 4) is 0 Å². The molecule has 0 amide bonds. The Kier molecular flexibility index (Phi) is 1.44. The third-order valence-electron chi connectivity index (χ3n) is 1.24. The molecule has 9 heavy (non-hydrogen) atoms. The zero-order chi connectivity index (χ0) is 6.85. The Hall–Kier alpha value is -0.960. The van der Waals surface area contributed by atoms with Crippen LogP contribution in [0.5, 0.6) is 0 Å². The van der Waals surface area contributed by atoms with Crippen molar-refractivity contribution in [2.24, 2.45) is 9.98 Å². The van der Waals surface area contributed by atoms with Gasteiger partial charge in [-0.3, -0.25) is 0 Å². The Morgan fingerprint density at radius 3 is 2.89 bits per heavy atom. The first-order chi connectivity index (χ1) is 4.22. The van der Waals surface area contributed by atoms with Gasteiger partial charge in [0.05, 0.1) is 0 Å². The van der Waals surface area contributed by atoms with E-state index >= 15 is 0 Å². The predicted octanol–water partition coefficient (Wildman–Crippen LogP) is 0.364. The van der Waals surface area contributed by atoms with Gasteiger partial charge in [-0.05, 0) is 6.92 Å². The van der Waals surface area contributed by atoms with E-state index in [1.54, 1.807) is 6.92 Å². The molecule has 1 rings (SSSR count). The molecule has 0 saturated heterocycles. The van der Waals surface area contributed by atoms with Gasteiger partial charge in [0.1, 0.15) is 6.34 Å². The van der Waals surface area contributed by atoms with E-state index in [1.165, 1.54) is 6.34 Å². The largest absolute Gasteiger partial charge is 0.368 e. The average Bonchev–Trinajstić information content (AvgIpc) is 1.83. The van der Waals surface area contributed by atoms with Crippen molar-refractivity contribution in [1.82, 2.24) is 0 Å². The lowest BCUT2D eigenvalue weighted by molar-refractivity contribution is 0.227. The Balaban J connectivity index is 2.86. The fourth-order valence-corrected chi connectivity index (χ4v) is 0.543. The minimum absolute atomic E-state index is 0.581. The summed E-state index contributed by atoms with van der Waals surface area (Å²) in [5.74, 6) is 0. The quantitative estimate of drug-likeness (QED) is 0.498. The minimum Gasteiger partial charge on any atom is -0.368 e. The van der Waals surface area contributed by atoms with E-state index in [0.717, 1.165) is 5.71 Å². The molecule has 1 atom stereocenters. The highest BCUT2D eigenvalue weighted by molar-refractivity contribution is 6.03. The Bertz CT molecular complexity index is 193.